The molecule has 1 fully saturated rings. The van der Waals surface area contributed by atoms with Crippen LogP contribution >= 0.6 is 0 Å². The third-order valence-electron chi connectivity index (χ3n) is 11.8. The van der Waals surface area contributed by atoms with Gasteiger partial charge in [0.1, 0.15) is 29.3 Å². The number of benzene rings is 2. The van der Waals surface area contributed by atoms with E-state index in [-0.39, 0.29) is 81.1 Å². The lowest BCUT2D eigenvalue weighted by Crippen LogP contribution is -2.64. The first kappa shape index (κ1) is 83.7. The third-order valence-corrected chi connectivity index (χ3v) is 11.8. The zero-order valence-electron chi connectivity index (χ0n) is 56.6. The van der Waals surface area contributed by atoms with Crippen molar-refractivity contribution >= 4 is 53.8 Å². The summed E-state index contributed by atoms with van der Waals surface area (Å²) in [4.78, 5) is 117. The van der Waals surface area contributed by atoms with Gasteiger partial charge >= 0.3 is 42.2 Å². The van der Waals surface area contributed by atoms with Gasteiger partial charge < -0.3 is 105 Å². The Balaban J connectivity index is 1.23. The highest BCUT2D eigenvalue weighted by atomic mass is 16.8. The van der Waals surface area contributed by atoms with Gasteiger partial charge in [0.05, 0.1) is 170 Å². The highest BCUT2D eigenvalue weighted by molar-refractivity contribution is 5.97. The maximum atomic E-state index is 13.9. The van der Waals surface area contributed by atoms with Crippen LogP contribution in [0.3, 0.4) is 0 Å². The highest BCUT2D eigenvalue weighted by Gasteiger charge is 2.56. The van der Waals surface area contributed by atoms with Gasteiger partial charge in [-0.2, -0.15) is 0 Å². The van der Waals surface area contributed by atoms with Gasteiger partial charge in [0.25, 0.3) is 11.6 Å². The Kier molecular flexibility index (Phi) is 40.9. The van der Waals surface area contributed by atoms with E-state index >= 15 is 0 Å². The van der Waals surface area contributed by atoms with Crippen LogP contribution in [-0.2, 0) is 121 Å². The molecule has 2 aromatic rings. The van der Waals surface area contributed by atoms with Gasteiger partial charge in [0, 0.05) is 39.4 Å². The van der Waals surface area contributed by atoms with Crippen LogP contribution in [0.25, 0.3) is 0 Å². The molecule has 1 N–H and O–H groups in total. The number of nitro benzene ring substituents is 1. The number of hydrogen-bond acceptors (Lipinski definition) is 32. The first-order valence-electron chi connectivity index (χ1n) is 30.9. The molecule has 1 heterocycles. The molecule has 0 saturated carbocycles. The average Bonchev–Trinajstić information content (AvgIpc) is 0.774. The number of carbonyl (C=O) groups is 8. The zero-order valence-corrected chi connectivity index (χ0v) is 56.6. The number of nitrogens with zero attached hydrogens (tertiary/aromatic N) is 2. The number of hydrogen-bond donors (Lipinski definition) is 1. The van der Waals surface area contributed by atoms with Gasteiger partial charge in [0.15, 0.2) is 18.3 Å². The number of nitrogens with one attached hydrogen (secondary N) is 1. The second-order valence-corrected chi connectivity index (χ2v) is 22.1. The number of carbonyl (C=O) groups excluding carboxylic acids is 8. The zero-order chi connectivity index (χ0) is 71.4. The number of methoxy groups -OCH3 is 1. The van der Waals surface area contributed by atoms with Crippen molar-refractivity contribution in [2.45, 2.75) is 111 Å². The first-order chi connectivity index (χ1) is 46.3. The molecule has 3 rings (SSSR count). The molecule has 0 aliphatic carbocycles. The standard InChI is InChI=1S/C62H93N3O32/c1-43(66)90-51-52(91-44(2)67)54(92-45(3)68)57(95-53(51)56(70)76-10)94-50-16-11-46(42-88-60(73)93-48-14-12-47(13-15-48)65(74)75)41-49(50)55(69)63-17-18-77-19-20-78-21-22-79-23-24-80-25-26-81-27-28-82-29-30-83-31-32-84-33-34-85-35-36-86-37-38-87-39-40-89-64(58(71)96-61(4,5)6)59(72)97-62(7,8)9/h11-16,41,51-54,57H,17-40,42H2,1-10H3,(H,63,69)/t51-,52-,53-,54+,57+/m0/s1. The number of imide groups is 1. The van der Waals surface area contributed by atoms with E-state index < -0.39 is 102 Å². The van der Waals surface area contributed by atoms with Gasteiger partial charge in [0.2, 0.25) is 12.4 Å². The maximum absolute atomic E-state index is 13.9. The summed E-state index contributed by atoms with van der Waals surface area (Å²) < 4.78 is 115. The fraction of sp³-hybridized carbons (Fsp3) is 0.677. The van der Waals surface area contributed by atoms with Gasteiger partial charge in [-0.25, -0.2) is 19.2 Å². The van der Waals surface area contributed by atoms with Crippen LogP contribution in [0.2, 0.25) is 0 Å². The number of nitro groups is 1. The minimum Gasteiger partial charge on any atom is -0.467 e. The van der Waals surface area contributed by atoms with Gasteiger partial charge in [-0.15, -0.1) is 0 Å². The molecule has 97 heavy (non-hydrogen) atoms. The van der Waals surface area contributed by atoms with Crippen molar-refractivity contribution in [2.75, 3.05) is 166 Å². The molecule has 35 heteroatoms. The molecule has 1 aliphatic rings. The van der Waals surface area contributed by atoms with Crippen molar-refractivity contribution in [1.29, 1.82) is 0 Å². The molecule has 1 aliphatic heterocycles. The van der Waals surface area contributed by atoms with E-state index in [9.17, 15) is 48.5 Å². The van der Waals surface area contributed by atoms with Crippen LogP contribution in [0, 0.1) is 10.1 Å². The molecular weight excluding hydrogens is 1300 g/mol. The van der Waals surface area contributed by atoms with Crippen LogP contribution in [0.15, 0.2) is 42.5 Å². The summed E-state index contributed by atoms with van der Waals surface area (Å²) in [6.07, 6.45) is -11.9. The van der Waals surface area contributed by atoms with Gasteiger partial charge in [-0.1, -0.05) is 11.1 Å². The summed E-state index contributed by atoms with van der Waals surface area (Å²) in [6.45, 7) is 19.3. The predicted molar refractivity (Wildman–Crippen MR) is 330 cm³/mol. The monoisotopic (exact) mass is 1390 g/mol. The lowest BCUT2D eigenvalue weighted by Gasteiger charge is -2.43. The molecule has 0 radical (unpaired) electrons. The molecule has 5 atom stereocenters. The van der Waals surface area contributed by atoms with Crippen molar-refractivity contribution in [2.24, 2.45) is 0 Å². The largest absolute Gasteiger partial charge is 0.514 e. The quantitative estimate of drug-likeness (QED) is 0.0239. The summed E-state index contributed by atoms with van der Waals surface area (Å²) in [7, 11) is 1.01. The van der Waals surface area contributed by atoms with Crippen LogP contribution in [0.5, 0.6) is 11.5 Å². The normalized spacial score (nSPS) is 16.1. The summed E-state index contributed by atoms with van der Waals surface area (Å²) >= 11 is 0. The van der Waals surface area contributed by atoms with E-state index in [1.54, 1.807) is 41.5 Å². The van der Waals surface area contributed by atoms with E-state index in [1.165, 1.54) is 30.3 Å². The van der Waals surface area contributed by atoms with Crippen LogP contribution in [-0.4, -0.2) is 266 Å². The molecule has 0 unspecified atom stereocenters. The summed E-state index contributed by atoms with van der Waals surface area (Å²) in [6, 6.07) is 8.58. The van der Waals surface area contributed by atoms with Crippen molar-refractivity contribution in [3.63, 3.8) is 0 Å². The molecule has 1 saturated heterocycles. The van der Waals surface area contributed by atoms with Crippen molar-refractivity contribution in [1.82, 2.24) is 10.4 Å². The number of amides is 3. The summed E-state index contributed by atoms with van der Waals surface area (Å²) in [5, 5.41) is 14.1. The van der Waals surface area contributed by atoms with E-state index in [2.05, 4.69) is 5.32 Å². The third kappa shape index (κ3) is 37.7. The summed E-state index contributed by atoms with van der Waals surface area (Å²) in [5.74, 6) is -4.92. The van der Waals surface area contributed by atoms with Crippen LogP contribution in [0.1, 0.15) is 78.2 Å². The Morgan fingerprint density at radius 3 is 1.31 bits per heavy atom. The Morgan fingerprint density at radius 2 is 0.918 bits per heavy atom. The lowest BCUT2D eigenvalue weighted by molar-refractivity contribution is -0.384. The van der Waals surface area contributed by atoms with Crippen LogP contribution < -0.4 is 14.8 Å². The molecule has 35 nitrogen and oxygen atoms in total. The molecule has 2 aromatic carbocycles. The molecule has 0 bridgehead atoms. The number of ether oxygens (including phenoxy) is 21. The Hall–Kier alpha value is -7.52. The number of esters is 4. The molecule has 3 amide bonds. The topological polar surface area (TPSA) is 398 Å². The SMILES string of the molecule is COC(=O)[C@H]1O[C@@H](Oc2ccc(COC(=O)Oc3ccc([N+](=O)[O-])cc3)cc2C(=O)NCCOCCOCCOCCOCCOCCOCCOCCOCCOCCOCCOCCON(C(=O)OC(C)(C)C)C(=O)OC(C)(C)C)[C@H](OC(C)=O)[C@@H](OC(C)=O)[C@@H]1OC(C)=O. The fourth-order valence-corrected chi connectivity index (χ4v) is 7.76. The Labute approximate surface area is 561 Å². The Morgan fingerprint density at radius 1 is 0.526 bits per heavy atom. The van der Waals surface area contributed by atoms with Gasteiger partial charge in [-0.3, -0.25) is 34.1 Å². The maximum Gasteiger partial charge on any atom is 0.514 e. The van der Waals surface area contributed by atoms with Gasteiger partial charge in [-0.05, 0) is 71.4 Å². The van der Waals surface area contributed by atoms with E-state index in [4.69, 9.17) is 104 Å². The van der Waals surface area contributed by atoms with Crippen LogP contribution in [0.4, 0.5) is 20.1 Å². The molecule has 0 spiro atoms. The van der Waals surface area contributed by atoms with E-state index in [1.807, 2.05) is 0 Å². The second kappa shape index (κ2) is 47.4. The summed E-state index contributed by atoms with van der Waals surface area (Å²) in [5.41, 5.74) is -1.92. The first-order valence-corrected chi connectivity index (χ1v) is 30.9. The van der Waals surface area contributed by atoms with E-state index in [0.717, 1.165) is 40.0 Å². The fourth-order valence-electron chi connectivity index (χ4n) is 7.76. The molecule has 548 valence electrons. The number of hydroxylamine groups is 2. The highest BCUT2D eigenvalue weighted by Crippen LogP contribution is 2.33. The average molecular weight is 1390 g/mol. The minimum atomic E-state index is -1.83. The van der Waals surface area contributed by atoms with Crippen molar-refractivity contribution in [3.05, 3.63) is 63.7 Å². The Bertz CT molecular complexity index is 2640. The molecular formula is C62H93N3O32. The van der Waals surface area contributed by atoms with Crippen molar-refractivity contribution < 1.29 is 148 Å². The number of rotatable bonds is 48. The minimum absolute atomic E-state index is 0.0211. The van der Waals surface area contributed by atoms with Crippen molar-refractivity contribution in [3.8, 4) is 11.5 Å². The van der Waals surface area contributed by atoms with E-state index in [0.29, 0.717) is 111 Å². The predicted octanol–water partition coefficient (Wildman–Crippen LogP) is 4.40. The second-order valence-electron chi connectivity index (χ2n) is 22.1. The smallest absolute Gasteiger partial charge is 0.467 e. The number of non-ortho nitro benzene ring substituents is 1. The molecule has 0 aromatic heterocycles. The lowest BCUT2D eigenvalue weighted by atomic mass is 9.97.